The normalized spacial score (nSPS) is 10.2. The van der Waals surface area contributed by atoms with Crippen molar-refractivity contribution < 1.29 is 5.11 Å². The Morgan fingerprint density at radius 3 is 3.07 bits per heavy atom. The second-order valence-corrected chi connectivity index (χ2v) is 4.16. The highest BCUT2D eigenvalue weighted by Gasteiger charge is 2.05. The number of pyridine rings is 1. The van der Waals surface area contributed by atoms with E-state index < -0.39 is 0 Å². The average molecular weight is 225 g/mol. The second kappa shape index (κ2) is 6.42. The molecule has 0 spiro atoms. The van der Waals surface area contributed by atoms with Crippen LogP contribution in [-0.4, -0.2) is 28.3 Å². The van der Waals surface area contributed by atoms with Crippen LogP contribution in [0.15, 0.2) is 18.3 Å². The van der Waals surface area contributed by atoms with Gasteiger partial charge < -0.3 is 10.8 Å². The molecule has 1 rings (SSSR count). The Labute approximate surface area is 93.4 Å². The Morgan fingerprint density at radius 2 is 2.40 bits per heavy atom. The summed E-state index contributed by atoms with van der Waals surface area (Å²) in [6, 6.07) is 3.77. The summed E-state index contributed by atoms with van der Waals surface area (Å²) in [7, 11) is 0. The molecule has 4 N–H and O–H groups in total. The van der Waals surface area contributed by atoms with E-state index in [1.54, 1.807) is 18.0 Å². The zero-order chi connectivity index (χ0) is 11.1. The van der Waals surface area contributed by atoms with Crippen LogP contribution in [-0.2, 0) is 5.75 Å². The highest BCUT2D eigenvalue weighted by atomic mass is 32.2. The van der Waals surface area contributed by atoms with Crippen LogP contribution < -0.4 is 5.73 Å². The number of nitrogens with two attached hydrogens (primary N) is 1. The molecule has 0 radical (unpaired) electrons. The van der Waals surface area contributed by atoms with Crippen molar-refractivity contribution in [1.29, 1.82) is 5.41 Å². The standard InChI is InChI=1S/C10H15N3OS/c11-10(12)9-8(3-1-4-13-9)7-15-6-2-5-14/h1,3-4,14H,2,5-7H2,(H3,11,12). The summed E-state index contributed by atoms with van der Waals surface area (Å²) >= 11 is 1.71. The molecule has 4 nitrogen and oxygen atoms in total. The van der Waals surface area contributed by atoms with Crippen LogP contribution in [0.2, 0.25) is 0 Å². The van der Waals surface area contributed by atoms with Gasteiger partial charge in [-0.15, -0.1) is 0 Å². The van der Waals surface area contributed by atoms with Crippen molar-refractivity contribution >= 4 is 17.6 Å². The summed E-state index contributed by atoms with van der Waals surface area (Å²) in [6.07, 6.45) is 2.43. The van der Waals surface area contributed by atoms with Gasteiger partial charge in [0.2, 0.25) is 0 Å². The third-order valence-electron chi connectivity index (χ3n) is 1.85. The van der Waals surface area contributed by atoms with Crippen molar-refractivity contribution in [3.8, 4) is 0 Å². The molecule has 0 bridgehead atoms. The van der Waals surface area contributed by atoms with E-state index in [9.17, 15) is 0 Å². The molecule has 0 unspecified atom stereocenters. The Balaban J connectivity index is 2.56. The van der Waals surface area contributed by atoms with E-state index in [2.05, 4.69) is 4.98 Å². The van der Waals surface area contributed by atoms with E-state index in [4.69, 9.17) is 16.2 Å². The molecule has 0 atom stereocenters. The first-order valence-corrected chi connectivity index (χ1v) is 5.88. The summed E-state index contributed by atoms with van der Waals surface area (Å²) < 4.78 is 0. The molecule has 0 amide bonds. The maximum atomic E-state index is 8.63. The number of nitrogen functional groups attached to an aromatic ring is 1. The molecule has 1 aromatic rings. The van der Waals surface area contributed by atoms with E-state index in [1.807, 2.05) is 12.1 Å². The van der Waals surface area contributed by atoms with Gasteiger partial charge in [0.05, 0.1) is 0 Å². The first-order chi connectivity index (χ1) is 7.25. The number of aliphatic hydroxyl groups is 1. The maximum Gasteiger partial charge on any atom is 0.142 e. The molecule has 15 heavy (non-hydrogen) atoms. The van der Waals surface area contributed by atoms with Crippen LogP contribution in [0.3, 0.4) is 0 Å². The molecule has 0 aliphatic carbocycles. The smallest absolute Gasteiger partial charge is 0.142 e. The van der Waals surface area contributed by atoms with Gasteiger partial charge in [-0.1, -0.05) is 6.07 Å². The number of rotatable bonds is 6. The van der Waals surface area contributed by atoms with Gasteiger partial charge in [0.15, 0.2) is 0 Å². The SMILES string of the molecule is N=C(N)c1ncccc1CSCCCO. The lowest BCUT2D eigenvalue weighted by atomic mass is 10.2. The second-order valence-electron chi connectivity index (χ2n) is 3.05. The van der Waals surface area contributed by atoms with Crippen molar-refractivity contribution in [3.63, 3.8) is 0 Å². The fourth-order valence-electron chi connectivity index (χ4n) is 1.15. The lowest BCUT2D eigenvalue weighted by Gasteiger charge is -2.05. The minimum Gasteiger partial charge on any atom is -0.396 e. The summed E-state index contributed by atoms with van der Waals surface area (Å²) in [5.41, 5.74) is 6.96. The number of aromatic nitrogens is 1. The van der Waals surface area contributed by atoms with E-state index in [0.717, 1.165) is 23.5 Å². The highest BCUT2D eigenvalue weighted by molar-refractivity contribution is 7.98. The molecule has 0 fully saturated rings. The van der Waals surface area contributed by atoms with Crippen LogP contribution in [0.25, 0.3) is 0 Å². The molecule has 82 valence electrons. The van der Waals surface area contributed by atoms with Gasteiger partial charge in [0, 0.05) is 18.6 Å². The number of amidine groups is 1. The first-order valence-electron chi connectivity index (χ1n) is 4.72. The summed E-state index contributed by atoms with van der Waals surface area (Å²) in [4.78, 5) is 4.06. The zero-order valence-electron chi connectivity index (χ0n) is 8.44. The summed E-state index contributed by atoms with van der Waals surface area (Å²) in [6.45, 7) is 0.222. The number of aliphatic hydroxyl groups excluding tert-OH is 1. The zero-order valence-corrected chi connectivity index (χ0v) is 9.26. The van der Waals surface area contributed by atoms with Crippen molar-refractivity contribution in [2.75, 3.05) is 12.4 Å². The summed E-state index contributed by atoms with van der Waals surface area (Å²) in [5.74, 6) is 1.69. The molecule has 0 aliphatic heterocycles. The fourth-order valence-corrected chi connectivity index (χ4v) is 2.08. The molecule has 0 saturated carbocycles. The summed E-state index contributed by atoms with van der Waals surface area (Å²) in [5, 5.41) is 16.0. The fraction of sp³-hybridized carbons (Fsp3) is 0.400. The number of nitrogens with zero attached hydrogens (tertiary/aromatic N) is 1. The number of thioether (sulfide) groups is 1. The molecular weight excluding hydrogens is 210 g/mol. The predicted molar refractivity (Wildman–Crippen MR) is 63.1 cm³/mol. The topological polar surface area (TPSA) is 83.0 Å². The molecule has 0 aliphatic rings. The maximum absolute atomic E-state index is 8.63. The van der Waals surface area contributed by atoms with E-state index in [0.29, 0.717) is 5.69 Å². The van der Waals surface area contributed by atoms with Gasteiger partial charge in [0.25, 0.3) is 0 Å². The number of nitrogens with one attached hydrogen (secondary N) is 1. The molecule has 5 heteroatoms. The van der Waals surface area contributed by atoms with Crippen molar-refractivity contribution in [3.05, 3.63) is 29.6 Å². The molecule has 1 aromatic heterocycles. The Hall–Kier alpha value is -1.07. The minimum absolute atomic E-state index is 0.00774. The van der Waals surface area contributed by atoms with Crippen molar-refractivity contribution in [2.45, 2.75) is 12.2 Å². The van der Waals surface area contributed by atoms with E-state index in [-0.39, 0.29) is 12.4 Å². The predicted octanol–water partition coefficient (Wildman–Crippen LogP) is 0.981. The third kappa shape index (κ3) is 3.89. The average Bonchev–Trinajstić information content (AvgIpc) is 2.25. The number of hydrogen-bond acceptors (Lipinski definition) is 4. The highest BCUT2D eigenvalue weighted by Crippen LogP contribution is 2.15. The quantitative estimate of drug-likeness (QED) is 0.383. The van der Waals surface area contributed by atoms with Gasteiger partial charge in [-0.05, 0) is 23.8 Å². The lowest BCUT2D eigenvalue weighted by molar-refractivity contribution is 0.296. The lowest BCUT2D eigenvalue weighted by Crippen LogP contribution is -2.15. The first kappa shape index (κ1) is 12.0. The Morgan fingerprint density at radius 1 is 1.60 bits per heavy atom. The van der Waals surface area contributed by atoms with Crippen LogP contribution in [0.1, 0.15) is 17.7 Å². The Bertz CT molecular complexity index is 330. The molecule has 1 heterocycles. The molecule has 0 saturated heterocycles. The third-order valence-corrected chi connectivity index (χ3v) is 2.94. The van der Waals surface area contributed by atoms with Gasteiger partial charge in [0.1, 0.15) is 11.5 Å². The van der Waals surface area contributed by atoms with E-state index >= 15 is 0 Å². The monoisotopic (exact) mass is 225 g/mol. The van der Waals surface area contributed by atoms with Gasteiger partial charge in [-0.3, -0.25) is 10.4 Å². The van der Waals surface area contributed by atoms with Crippen molar-refractivity contribution in [1.82, 2.24) is 4.98 Å². The minimum atomic E-state index is 0.00774. The van der Waals surface area contributed by atoms with E-state index in [1.165, 1.54) is 0 Å². The molecule has 0 aromatic carbocycles. The van der Waals surface area contributed by atoms with Crippen LogP contribution in [0.4, 0.5) is 0 Å². The van der Waals surface area contributed by atoms with Gasteiger partial charge >= 0.3 is 0 Å². The largest absolute Gasteiger partial charge is 0.396 e. The van der Waals surface area contributed by atoms with Crippen LogP contribution in [0, 0.1) is 5.41 Å². The Kier molecular flexibility index (Phi) is 5.14. The molecular formula is C10H15N3OS. The van der Waals surface area contributed by atoms with Gasteiger partial charge in [-0.25, -0.2) is 0 Å². The van der Waals surface area contributed by atoms with Crippen LogP contribution >= 0.6 is 11.8 Å². The number of hydrogen-bond donors (Lipinski definition) is 3. The van der Waals surface area contributed by atoms with Crippen LogP contribution in [0.5, 0.6) is 0 Å². The van der Waals surface area contributed by atoms with Gasteiger partial charge in [-0.2, -0.15) is 11.8 Å². The van der Waals surface area contributed by atoms with Crippen molar-refractivity contribution in [2.24, 2.45) is 5.73 Å².